The van der Waals surface area contributed by atoms with E-state index in [1.54, 1.807) is 0 Å². The van der Waals surface area contributed by atoms with E-state index in [0.29, 0.717) is 16.4 Å². The molecule has 0 aliphatic carbocycles. The molecule has 0 spiro atoms. The van der Waals surface area contributed by atoms with Gasteiger partial charge in [0.2, 0.25) is 15.9 Å². The van der Waals surface area contributed by atoms with Gasteiger partial charge in [-0.25, -0.2) is 31.6 Å². The number of hydrogen-bond acceptors (Lipinski definition) is 5. The van der Waals surface area contributed by atoms with Crippen LogP contribution in [0.25, 0.3) is 11.3 Å². The Morgan fingerprint density at radius 3 is 2.41 bits per heavy atom. The molecule has 2 unspecified atom stereocenters. The van der Waals surface area contributed by atoms with Gasteiger partial charge < -0.3 is 5.32 Å². The second-order valence-corrected chi connectivity index (χ2v) is 10.1. The largest absolute Gasteiger partial charge is 0.419 e. The topological polar surface area (TPSA) is 92.3 Å². The molecule has 1 fully saturated rings. The van der Waals surface area contributed by atoms with Gasteiger partial charge in [0.15, 0.2) is 0 Å². The molecule has 1 N–H and O–H groups in total. The molecule has 3 aromatic rings. The third-order valence-electron chi connectivity index (χ3n) is 5.67. The van der Waals surface area contributed by atoms with E-state index in [2.05, 4.69) is 15.3 Å². The molecule has 1 aromatic heterocycles. The van der Waals surface area contributed by atoms with Gasteiger partial charge in [-0.05, 0) is 42.5 Å². The van der Waals surface area contributed by atoms with Crippen molar-refractivity contribution in [1.82, 2.24) is 19.6 Å². The van der Waals surface area contributed by atoms with Crippen LogP contribution in [0.5, 0.6) is 0 Å². The van der Waals surface area contributed by atoms with Gasteiger partial charge in [-0.1, -0.05) is 6.07 Å². The van der Waals surface area contributed by atoms with E-state index in [9.17, 15) is 39.6 Å². The maximum atomic E-state index is 14.2. The third-order valence-corrected chi connectivity index (χ3v) is 7.55. The number of carbonyl (C=O) groups is 1. The van der Waals surface area contributed by atoms with Crippen LogP contribution in [-0.2, 0) is 27.5 Å². The SMILES string of the molecule is O=C(NCc1cc(-c2ccc(C(F)(F)F)c(F)c2)ncn1)C1CC(F)CN1S(=O)(=O)c1ccc(F)cc1. The second-order valence-electron chi connectivity index (χ2n) is 8.18. The fourth-order valence-corrected chi connectivity index (χ4v) is 5.48. The number of alkyl halides is 4. The first kappa shape index (κ1) is 26.5. The summed E-state index contributed by atoms with van der Waals surface area (Å²) in [6, 6.07) is 6.10. The van der Waals surface area contributed by atoms with Crippen LogP contribution in [0.1, 0.15) is 17.7 Å². The molecule has 2 heterocycles. The van der Waals surface area contributed by atoms with Crippen molar-refractivity contribution in [2.24, 2.45) is 0 Å². The summed E-state index contributed by atoms with van der Waals surface area (Å²) >= 11 is 0. The Balaban J connectivity index is 1.48. The van der Waals surface area contributed by atoms with Crippen molar-refractivity contribution >= 4 is 15.9 Å². The first-order chi connectivity index (χ1) is 17.4. The van der Waals surface area contributed by atoms with E-state index >= 15 is 0 Å². The van der Waals surface area contributed by atoms with Gasteiger partial charge in [0.05, 0.1) is 28.4 Å². The van der Waals surface area contributed by atoms with Crippen molar-refractivity contribution in [3.05, 3.63) is 77.8 Å². The van der Waals surface area contributed by atoms with Crippen LogP contribution in [-0.4, -0.2) is 47.4 Å². The fourth-order valence-electron chi connectivity index (χ4n) is 3.85. The number of nitrogens with one attached hydrogen (secondary N) is 1. The average molecular weight is 544 g/mol. The number of sulfonamides is 1. The zero-order chi connectivity index (χ0) is 27.0. The number of rotatable bonds is 6. The van der Waals surface area contributed by atoms with Crippen LogP contribution in [0, 0.1) is 11.6 Å². The minimum atomic E-state index is -4.86. The highest BCUT2D eigenvalue weighted by Gasteiger charge is 2.44. The number of halogens is 6. The molecule has 1 amide bonds. The standard InChI is InChI=1S/C23H18F6N4O3S/c24-14-2-4-17(5-3-14)37(35,36)33-11-15(25)8-21(33)22(34)30-10-16-9-20(32-12-31-16)13-1-6-18(19(26)7-13)23(27,28)29/h1-7,9,12,15,21H,8,10-11H2,(H,30,34). The van der Waals surface area contributed by atoms with Crippen molar-refractivity contribution < 1.29 is 39.6 Å². The summed E-state index contributed by atoms with van der Waals surface area (Å²) in [5, 5.41) is 2.46. The Hall–Kier alpha value is -3.52. The van der Waals surface area contributed by atoms with Gasteiger partial charge in [-0.3, -0.25) is 4.79 Å². The number of aromatic nitrogens is 2. The summed E-state index contributed by atoms with van der Waals surface area (Å²) in [4.78, 5) is 20.3. The molecule has 0 saturated carbocycles. The lowest BCUT2D eigenvalue weighted by molar-refractivity contribution is -0.140. The van der Waals surface area contributed by atoms with Crippen molar-refractivity contribution in [2.75, 3.05) is 6.54 Å². The molecular weight excluding hydrogens is 526 g/mol. The highest BCUT2D eigenvalue weighted by Crippen LogP contribution is 2.33. The van der Waals surface area contributed by atoms with E-state index < -0.39 is 64.5 Å². The third kappa shape index (κ3) is 5.74. The first-order valence-electron chi connectivity index (χ1n) is 10.7. The lowest BCUT2D eigenvalue weighted by Crippen LogP contribution is -2.45. The summed E-state index contributed by atoms with van der Waals surface area (Å²) in [6.07, 6.45) is -5.80. The molecule has 1 aliphatic heterocycles. The fraction of sp³-hybridized carbons (Fsp3) is 0.261. The molecule has 2 atom stereocenters. The number of benzene rings is 2. The number of carbonyl (C=O) groups excluding carboxylic acids is 1. The zero-order valence-corrected chi connectivity index (χ0v) is 19.5. The predicted molar refractivity (Wildman–Crippen MR) is 118 cm³/mol. The Bertz CT molecular complexity index is 1420. The number of hydrogen-bond donors (Lipinski definition) is 1. The van der Waals surface area contributed by atoms with E-state index in [-0.39, 0.29) is 28.4 Å². The summed E-state index contributed by atoms with van der Waals surface area (Å²) in [6.45, 7) is -0.815. The lowest BCUT2D eigenvalue weighted by atomic mass is 10.1. The number of amides is 1. The van der Waals surface area contributed by atoms with E-state index in [4.69, 9.17) is 0 Å². The van der Waals surface area contributed by atoms with Crippen LogP contribution < -0.4 is 5.32 Å². The van der Waals surface area contributed by atoms with Crippen LogP contribution in [0.15, 0.2) is 59.8 Å². The molecular formula is C23H18F6N4O3S. The normalized spacial score (nSPS) is 18.6. The van der Waals surface area contributed by atoms with Gasteiger partial charge in [0.25, 0.3) is 0 Å². The predicted octanol–water partition coefficient (Wildman–Crippen LogP) is 3.86. The van der Waals surface area contributed by atoms with E-state index in [1.165, 1.54) is 6.07 Å². The van der Waals surface area contributed by atoms with Crippen LogP contribution in [0.4, 0.5) is 26.3 Å². The van der Waals surface area contributed by atoms with Gasteiger partial charge in [0.1, 0.15) is 30.2 Å². The van der Waals surface area contributed by atoms with Crippen molar-refractivity contribution in [2.45, 2.75) is 36.3 Å². The Kier molecular flexibility index (Phi) is 7.24. The monoisotopic (exact) mass is 544 g/mol. The molecule has 0 radical (unpaired) electrons. The molecule has 1 saturated heterocycles. The van der Waals surface area contributed by atoms with E-state index in [1.807, 2.05) is 0 Å². The van der Waals surface area contributed by atoms with Crippen molar-refractivity contribution in [3.8, 4) is 11.3 Å². The Labute approximate surface area is 207 Å². The van der Waals surface area contributed by atoms with Gasteiger partial charge >= 0.3 is 6.18 Å². The Morgan fingerprint density at radius 2 is 1.76 bits per heavy atom. The smallest absolute Gasteiger partial charge is 0.349 e. The Morgan fingerprint density at radius 1 is 1.05 bits per heavy atom. The highest BCUT2D eigenvalue weighted by atomic mass is 32.2. The van der Waals surface area contributed by atoms with Crippen molar-refractivity contribution in [1.29, 1.82) is 0 Å². The second kappa shape index (κ2) is 10.1. The van der Waals surface area contributed by atoms with Crippen LogP contribution in [0.3, 0.4) is 0 Å². The quantitative estimate of drug-likeness (QED) is 0.476. The minimum Gasteiger partial charge on any atom is -0.349 e. The molecule has 196 valence electrons. The molecule has 7 nitrogen and oxygen atoms in total. The minimum absolute atomic E-state index is 0.0353. The van der Waals surface area contributed by atoms with E-state index in [0.717, 1.165) is 36.7 Å². The molecule has 14 heteroatoms. The van der Waals surface area contributed by atoms with Crippen LogP contribution >= 0.6 is 0 Å². The van der Waals surface area contributed by atoms with Crippen LogP contribution in [0.2, 0.25) is 0 Å². The summed E-state index contributed by atoms with van der Waals surface area (Å²) in [5.41, 5.74) is -1.13. The van der Waals surface area contributed by atoms with Gasteiger partial charge in [-0.2, -0.15) is 17.5 Å². The van der Waals surface area contributed by atoms with Gasteiger partial charge in [0, 0.05) is 18.5 Å². The van der Waals surface area contributed by atoms with Gasteiger partial charge in [-0.15, -0.1) is 0 Å². The molecule has 2 aromatic carbocycles. The zero-order valence-electron chi connectivity index (χ0n) is 18.7. The molecule has 1 aliphatic rings. The molecule has 0 bridgehead atoms. The summed E-state index contributed by atoms with van der Waals surface area (Å²) in [5.74, 6) is -2.96. The lowest BCUT2D eigenvalue weighted by Gasteiger charge is -2.23. The highest BCUT2D eigenvalue weighted by molar-refractivity contribution is 7.89. The maximum absolute atomic E-state index is 14.2. The van der Waals surface area contributed by atoms with Crippen molar-refractivity contribution in [3.63, 3.8) is 0 Å². The average Bonchev–Trinajstić information content (AvgIpc) is 3.25. The number of nitrogens with zero attached hydrogens (tertiary/aromatic N) is 3. The summed E-state index contributed by atoms with van der Waals surface area (Å²) < 4.78 is 106. The first-order valence-corrected chi connectivity index (χ1v) is 12.2. The summed E-state index contributed by atoms with van der Waals surface area (Å²) in [7, 11) is -4.30. The molecule has 4 rings (SSSR count). The maximum Gasteiger partial charge on any atom is 0.419 e. The molecule has 37 heavy (non-hydrogen) atoms.